The molecule has 0 radical (unpaired) electrons. The Kier molecular flexibility index (Phi) is 6.72. The Morgan fingerprint density at radius 1 is 1.17 bits per heavy atom. The van der Waals surface area contributed by atoms with Crippen molar-refractivity contribution < 1.29 is 42.1 Å². The summed E-state index contributed by atoms with van der Waals surface area (Å²) in [5.74, 6) is -6.90. The molecular weight excluding hydrogens is 393 g/mol. The third kappa shape index (κ3) is 4.77. The Balaban J connectivity index is 2.68. The maximum atomic E-state index is 13.2. The highest BCUT2D eigenvalue weighted by atomic mass is 19.4. The second kappa shape index (κ2) is 8.52. The van der Waals surface area contributed by atoms with Gasteiger partial charge in [0.15, 0.2) is 5.78 Å². The number of ether oxygens (including phenoxy) is 2. The summed E-state index contributed by atoms with van der Waals surface area (Å²) in [5.41, 5.74) is -2.99. The lowest BCUT2D eigenvalue weighted by atomic mass is 9.61. The van der Waals surface area contributed by atoms with E-state index in [0.29, 0.717) is 0 Å². The van der Waals surface area contributed by atoms with E-state index in [1.54, 1.807) is 0 Å². The first kappa shape index (κ1) is 22.9. The van der Waals surface area contributed by atoms with E-state index in [0.717, 1.165) is 18.2 Å². The molecule has 1 aromatic rings. The number of hydrogen-bond donors (Lipinski definition) is 1. The van der Waals surface area contributed by atoms with Crippen molar-refractivity contribution in [3.63, 3.8) is 0 Å². The van der Waals surface area contributed by atoms with Crippen LogP contribution in [-0.2, 0) is 30.0 Å². The van der Waals surface area contributed by atoms with Crippen molar-refractivity contribution in [2.24, 2.45) is 11.8 Å². The van der Waals surface area contributed by atoms with Crippen LogP contribution in [0.1, 0.15) is 44.2 Å². The fraction of sp³-hybridized carbons (Fsp3) is 0.550. The quantitative estimate of drug-likeness (QED) is 0.587. The van der Waals surface area contributed by atoms with Crippen molar-refractivity contribution in [3.8, 4) is 0 Å². The zero-order valence-electron chi connectivity index (χ0n) is 16.3. The van der Waals surface area contributed by atoms with Crippen LogP contribution in [0.25, 0.3) is 0 Å². The van der Waals surface area contributed by atoms with Crippen LogP contribution >= 0.6 is 0 Å². The minimum Gasteiger partial charge on any atom is -0.466 e. The lowest BCUT2D eigenvalue weighted by Crippen LogP contribution is -2.55. The summed E-state index contributed by atoms with van der Waals surface area (Å²) in [4.78, 5) is 37.8. The molecular formula is C20H23F3O6. The molecule has 0 aliphatic heterocycles. The summed E-state index contributed by atoms with van der Waals surface area (Å²) in [6, 6.07) is 4.02. The second-order valence-corrected chi connectivity index (χ2v) is 7.11. The molecule has 1 N–H and O–H groups in total. The molecule has 0 spiro atoms. The molecule has 0 saturated heterocycles. The Labute approximate surface area is 166 Å². The van der Waals surface area contributed by atoms with Crippen molar-refractivity contribution in [3.05, 3.63) is 35.4 Å². The number of rotatable bonds is 5. The third-order valence-corrected chi connectivity index (χ3v) is 4.95. The first-order valence-electron chi connectivity index (χ1n) is 9.19. The zero-order valence-corrected chi connectivity index (χ0v) is 16.3. The highest BCUT2D eigenvalue weighted by Gasteiger charge is 2.57. The molecule has 1 saturated carbocycles. The minimum absolute atomic E-state index is 0.0429. The summed E-state index contributed by atoms with van der Waals surface area (Å²) >= 11 is 0. The van der Waals surface area contributed by atoms with Crippen LogP contribution in [0.15, 0.2) is 24.3 Å². The van der Waals surface area contributed by atoms with Gasteiger partial charge in [0.05, 0.1) is 30.3 Å². The smallest absolute Gasteiger partial charge is 0.416 e. The molecule has 29 heavy (non-hydrogen) atoms. The summed E-state index contributed by atoms with van der Waals surface area (Å²) in [5, 5.41) is 10.8. The van der Waals surface area contributed by atoms with E-state index >= 15 is 0 Å². The van der Waals surface area contributed by atoms with Gasteiger partial charge in [-0.15, -0.1) is 0 Å². The number of esters is 2. The van der Waals surface area contributed by atoms with Crippen LogP contribution in [0, 0.1) is 11.8 Å². The van der Waals surface area contributed by atoms with Crippen molar-refractivity contribution in [1.29, 1.82) is 0 Å². The Morgan fingerprint density at radius 3 is 2.31 bits per heavy atom. The van der Waals surface area contributed by atoms with Gasteiger partial charge in [-0.2, -0.15) is 13.2 Å². The molecule has 1 fully saturated rings. The van der Waals surface area contributed by atoms with Gasteiger partial charge >= 0.3 is 18.1 Å². The summed E-state index contributed by atoms with van der Waals surface area (Å²) < 4.78 is 49.6. The highest BCUT2D eigenvalue weighted by Crippen LogP contribution is 2.47. The monoisotopic (exact) mass is 416 g/mol. The summed E-state index contributed by atoms with van der Waals surface area (Å²) in [6.45, 7) is 4.18. The van der Waals surface area contributed by atoms with Crippen LogP contribution in [0.3, 0.4) is 0 Å². The Morgan fingerprint density at radius 2 is 1.76 bits per heavy atom. The number of ketones is 1. The molecule has 6 nitrogen and oxygen atoms in total. The van der Waals surface area contributed by atoms with Gasteiger partial charge in [-0.25, -0.2) is 0 Å². The number of carbonyl (C=O) groups is 3. The van der Waals surface area contributed by atoms with Gasteiger partial charge in [0, 0.05) is 12.3 Å². The highest BCUT2D eigenvalue weighted by molar-refractivity contribution is 6.02. The second-order valence-electron chi connectivity index (χ2n) is 7.11. The van der Waals surface area contributed by atoms with Gasteiger partial charge in [0.1, 0.15) is 5.92 Å². The van der Waals surface area contributed by atoms with Crippen molar-refractivity contribution in [2.75, 3.05) is 13.2 Å². The molecule has 0 heterocycles. The predicted octanol–water partition coefficient (Wildman–Crippen LogP) is 2.87. The number of hydrogen-bond acceptors (Lipinski definition) is 6. The number of benzene rings is 1. The fourth-order valence-corrected chi connectivity index (χ4v) is 3.80. The largest absolute Gasteiger partial charge is 0.466 e. The third-order valence-electron chi connectivity index (χ3n) is 4.95. The van der Waals surface area contributed by atoms with E-state index in [1.807, 2.05) is 0 Å². The lowest BCUT2D eigenvalue weighted by Gasteiger charge is -2.43. The molecule has 0 aromatic heterocycles. The zero-order chi connectivity index (χ0) is 22.0. The number of halogens is 3. The van der Waals surface area contributed by atoms with Crippen LogP contribution in [0.5, 0.6) is 0 Å². The molecule has 4 unspecified atom stereocenters. The SMILES string of the molecule is CCOC(=O)C1C(=O)CC(C)(O)C(C(=O)OCC)C1c1cccc(C(F)(F)F)c1. The number of alkyl halides is 3. The molecule has 0 bridgehead atoms. The van der Waals surface area contributed by atoms with Crippen molar-refractivity contribution in [1.82, 2.24) is 0 Å². The molecule has 1 aromatic carbocycles. The van der Waals surface area contributed by atoms with E-state index in [4.69, 9.17) is 9.47 Å². The standard InChI is InChI=1S/C20H23F3O6/c1-4-28-17(25)15-13(24)10-19(3,27)16(18(26)29-5-2)14(15)11-7-6-8-12(9-11)20(21,22)23/h6-9,14-16,27H,4-5,10H2,1-3H3. The molecule has 160 valence electrons. The average molecular weight is 416 g/mol. The summed E-state index contributed by atoms with van der Waals surface area (Å²) in [6.07, 6.45) is -5.20. The molecule has 9 heteroatoms. The molecule has 4 atom stereocenters. The topological polar surface area (TPSA) is 89.9 Å². The normalized spacial score (nSPS) is 27.4. The molecule has 1 aliphatic carbocycles. The van der Waals surface area contributed by atoms with E-state index in [2.05, 4.69) is 0 Å². The van der Waals surface area contributed by atoms with Crippen molar-refractivity contribution in [2.45, 2.75) is 44.9 Å². The van der Waals surface area contributed by atoms with Gasteiger partial charge in [0.25, 0.3) is 0 Å². The Bertz CT molecular complexity index is 787. The van der Waals surface area contributed by atoms with Gasteiger partial charge in [0.2, 0.25) is 0 Å². The Hall–Kier alpha value is -2.42. The van der Waals surface area contributed by atoms with Gasteiger partial charge in [-0.05, 0) is 32.4 Å². The van der Waals surface area contributed by atoms with Gasteiger partial charge in [-0.1, -0.05) is 18.2 Å². The van der Waals surface area contributed by atoms with Crippen molar-refractivity contribution >= 4 is 17.7 Å². The number of aliphatic hydroxyl groups is 1. The predicted molar refractivity (Wildman–Crippen MR) is 94.7 cm³/mol. The van der Waals surface area contributed by atoms with Crippen LogP contribution in [0.4, 0.5) is 13.2 Å². The van der Waals surface area contributed by atoms with Gasteiger partial charge in [-0.3, -0.25) is 14.4 Å². The van der Waals surface area contributed by atoms with Crippen LogP contribution < -0.4 is 0 Å². The number of Topliss-reactive ketones (excluding diaryl/α,β-unsaturated/α-hetero) is 1. The number of carbonyl (C=O) groups excluding carboxylic acids is 3. The van der Waals surface area contributed by atoms with E-state index < -0.39 is 59.2 Å². The first-order valence-corrected chi connectivity index (χ1v) is 9.19. The van der Waals surface area contributed by atoms with E-state index in [-0.39, 0.29) is 18.8 Å². The minimum atomic E-state index is -4.67. The maximum absolute atomic E-state index is 13.2. The van der Waals surface area contributed by atoms with Gasteiger partial charge < -0.3 is 14.6 Å². The maximum Gasteiger partial charge on any atom is 0.416 e. The first-order chi connectivity index (χ1) is 13.4. The van der Waals surface area contributed by atoms with Crippen LogP contribution in [0.2, 0.25) is 0 Å². The molecule has 0 amide bonds. The van der Waals surface area contributed by atoms with Crippen LogP contribution in [-0.4, -0.2) is 41.6 Å². The lowest BCUT2D eigenvalue weighted by molar-refractivity contribution is -0.172. The molecule has 1 aliphatic rings. The fourth-order valence-electron chi connectivity index (χ4n) is 3.80. The molecule has 2 rings (SSSR count). The van der Waals surface area contributed by atoms with E-state index in [9.17, 15) is 32.7 Å². The average Bonchev–Trinajstić information content (AvgIpc) is 2.59. The van der Waals surface area contributed by atoms with E-state index in [1.165, 1.54) is 26.8 Å². The summed E-state index contributed by atoms with van der Waals surface area (Å²) in [7, 11) is 0.